The van der Waals surface area contributed by atoms with Gasteiger partial charge < -0.3 is 9.88 Å². The molecule has 1 aliphatic heterocycles. The molecule has 4 nitrogen and oxygen atoms in total. The molecule has 0 radical (unpaired) electrons. The fraction of sp³-hybridized carbons (Fsp3) is 0.333. The van der Waals surface area contributed by atoms with Gasteiger partial charge in [0, 0.05) is 25.1 Å². The number of imidazole rings is 1. The van der Waals surface area contributed by atoms with E-state index in [1.165, 1.54) is 18.4 Å². The maximum Gasteiger partial charge on any atom is 0.251 e. The third-order valence-electron chi connectivity index (χ3n) is 5.06. The number of aromatic nitrogens is 2. The van der Waals surface area contributed by atoms with Crippen molar-refractivity contribution in [2.75, 3.05) is 6.54 Å². The van der Waals surface area contributed by atoms with E-state index < -0.39 is 0 Å². The lowest BCUT2D eigenvalue weighted by molar-refractivity contribution is 0.0952. The van der Waals surface area contributed by atoms with Crippen molar-refractivity contribution in [3.8, 4) is 0 Å². The number of carbonyl (C=O) groups excluding carboxylic acids is 1. The van der Waals surface area contributed by atoms with Crippen molar-refractivity contribution in [1.29, 1.82) is 0 Å². The summed E-state index contributed by atoms with van der Waals surface area (Å²) in [5.41, 5.74) is 3.99. The van der Waals surface area contributed by atoms with Gasteiger partial charge in [-0.25, -0.2) is 4.98 Å². The summed E-state index contributed by atoms with van der Waals surface area (Å²) in [5.74, 6) is 1.40. The van der Waals surface area contributed by atoms with E-state index in [2.05, 4.69) is 28.9 Å². The van der Waals surface area contributed by atoms with E-state index in [0.29, 0.717) is 12.1 Å². The van der Waals surface area contributed by atoms with E-state index >= 15 is 0 Å². The second-order valence-corrected chi connectivity index (χ2v) is 6.86. The lowest BCUT2D eigenvalue weighted by Crippen LogP contribution is -2.27. The highest BCUT2D eigenvalue weighted by molar-refractivity contribution is 5.97. The van der Waals surface area contributed by atoms with Gasteiger partial charge in [0.1, 0.15) is 5.82 Å². The number of nitrogens with one attached hydrogen (secondary N) is 1. The fourth-order valence-corrected chi connectivity index (χ4v) is 3.56. The van der Waals surface area contributed by atoms with Gasteiger partial charge in [0.05, 0.1) is 11.0 Å². The van der Waals surface area contributed by atoms with Crippen LogP contribution in [0.25, 0.3) is 11.0 Å². The van der Waals surface area contributed by atoms with Gasteiger partial charge in [-0.15, -0.1) is 0 Å². The average Bonchev–Trinajstić information content (AvgIpc) is 3.04. The molecule has 128 valence electrons. The van der Waals surface area contributed by atoms with Crippen molar-refractivity contribution in [1.82, 2.24) is 14.9 Å². The Hall–Kier alpha value is -2.62. The highest BCUT2D eigenvalue weighted by Gasteiger charge is 2.16. The summed E-state index contributed by atoms with van der Waals surface area (Å²) in [5, 5.41) is 3.05. The Morgan fingerprint density at radius 3 is 2.88 bits per heavy atom. The molecule has 4 heteroatoms. The van der Waals surface area contributed by atoms with Gasteiger partial charge in [-0.05, 0) is 42.5 Å². The quantitative estimate of drug-likeness (QED) is 0.787. The molecular weight excluding hydrogens is 310 g/mol. The zero-order valence-electron chi connectivity index (χ0n) is 14.5. The average molecular weight is 333 g/mol. The van der Waals surface area contributed by atoms with Crippen molar-refractivity contribution in [3.63, 3.8) is 0 Å². The molecule has 1 aromatic heterocycles. The maximum absolute atomic E-state index is 12.5. The SMILES string of the molecule is C[C@@H](CNC(=O)c1ccc2c(c1)nc1n2CCCC1)c1ccccc1. The molecule has 0 spiro atoms. The number of hydrogen-bond acceptors (Lipinski definition) is 2. The number of fused-ring (bicyclic) bond motifs is 3. The zero-order valence-corrected chi connectivity index (χ0v) is 14.5. The van der Waals surface area contributed by atoms with Crippen LogP contribution in [-0.4, -0.2) is 22.0 Å². The topological polar surface area (TPSA) is 46.9 Å². The minimum absolute atomic E-state index is 0.0318. The van der Waals surface area contributed by atoms with Crippen LogP contribution in [0.2, 0.25) is 0 Å². The van der Waals surface area contributed by atoms with Crippen LogP contribution in [0.3, 0.4) is 0 Å². The predicted molar refractivity (Wildman–Crippen MR) is 99.9 cm³/mol. The number of amides is 1. The first kappa shape index (κ1) is 15.9. The van der Waals surface area contributed by atoms with Crippen LogP contribution in [0.1, 0.15) is 47.4 Å². The highest BCUT2D eigenvalue weighted by atomic mass is 16.1. The van der Waals surface area contributed by atoms with Crippen LogP contribution in [0.15, 0.2) is 48.5 Å². The van der Waals surface area contributed by atoms with Crippen LogP contribution in [0.5, 0.6) is 0 Å². The van der Waals surface area contributed by atoms with Crippen molar-refractivity contribution in [2.24, 2.45) is 0 Å². The first-order valence-electron chi connectivity index (χ1n) is 9.04. The van der Waals surface area contributed by atoms with E-state index in [-0.39, 0.29) is 11.8 Å². The van der Waals surface area contributed by atoms with Crippen LogP contribution >= 0.6 is 0 Å². The van der Waals surface area contributed by atoms with Gasteiger partial charge in [0.15, 0.2) is 0 Å². The molecule has 25 heavy (non-hydrogen) atoms. The minimum Gasteiger partial charge on any atom is -0.351 e. The maximum atomic E-state index is 12.5. The number of hydrogen-bond donors (Lipinski definition) is 1. The number of benzene rings is 2. The predicted octanol–water partition coefficient (Wildman–Crippen LogP) is 3.91. The molecule has 4 rings (SSSR count). The molecule has 0 unspecified atom stereocenters. The molecule has 0 saturated carbocycles. The lowest BCUT2D eigenvalue weighted by Gasteiger charge is -2.14. The Morgan fingerprint density at radius 1 is 1.20 bits per heavy atom. The molecule has 3 aromatic rings. The second kappa shape index (κ2) is 6.71. The minimum atomic E-state index is -0.0318. The monoisotopic (exact) mass is 333 g/mol. The molecule has 0 fully saturated rings. The third-order valence-corrected chi connectivity index (χ3v) is 5.06. The first-order chi connectivity index (χ1) is 12.2. The largest absolute Gasteiger partial charge is 0.351 e. The molecule has 1 atom stereocenters. The number of nitrogens with zero attached hydrogens (tertiary/aromatic N) is 2. The molecule has 0 aliphatic carbocycles. The van der Waals surface area contributed by atoms with Crippen molar-refractivity contribution >= 4 is 16.9 Å². The molecule has 0 bridgehead atoms. The Morgan fingerprint density at radius 2 is 2.04 bits per heavy atom. The van der Waals surface area contributed by atoms with Crippen LogP contribution < -0.4 is 5.32 Å². The summed E-state index contributed by atoms with van der Waals surface area (Å²) in [7, 11) is 0. The molecule has 1 aliphatic rings. The second-order valence-electron chi connectivity index (χ2n) is 6.86. The summed E-state index contributed by atoms with van der Waals surface area (Å²) in [6.07, 6.45) is 3.44. The Bertz CT molecular complexity index is 898. The van der Waals surface area contributed by atoms with E-state index in [1.54, 1.807) is 0 Å². The van der Waals surface area contributed by atoms with Gasteiger partial charge in [-0.3, -0.25) is 4.79 Å². The molecule has 0 saturated heterocycles. The smallest absolute Gasteiger partial charge is 0.251 e. The highest BCUT2D eigenvalue weighted by Crippen LogP contribution is 2.23. The summed E-state index contributed by atoms with van der Waals surface area (Å²) in [6, 6.07) is 16.1. The Labute approximate surface area is 147 Å². The van der Waals surface area contributed by atoms with Crippen molar-refractivity contribution in [3.05, 3.63) is 65.5 Å². The van der Waals surface area contributed by atoms with Crippen molar-refractivity contribution < 1.29 is 4.79 Å². The summed E-state index contributed by atoms with van der Waals surface area (Å²) in [4.78, 5) is 17.2. The third kappa shape index (κ3) is 3.16. The lowest BCUT2D eigenvalue weighted by atomic mass is 10.0. The summed E-state index contributed by atoms with van der Waals surface area (Å²) < 4.78 is 2.29. The standard InChI is InChI=1S/C21H23N3O/c1-15(16-7-3-2-4-8-16)14-22-21(25)17-10-11-19-18(13-17)23-20-9-5-6-12-24(19)20/h2-4,7-8,10-11,13,15H,5-6,9,12,14H2,1H3,(H,22,25)/t15-/m0/s1. The van der Waals surface area contributed by atoms with Crippen LogP contribution in [0.4, 0.5) is 0 Å². The van der Waals surface area contributed by atoms with Crippen LogP contribution in [-0.2, 0) is 13.0 Å². The van der Waals surface area contributed by atoms with E-state index in [9.17, 15) is 4.79 Å². The van der Waals surface area contributed by atoms with E-state index in [4.69, 9.17) is 4.98 Å². The molecular formula is C21H23N3O. The van der Waals surface area contributed by atoms with Gasteiger partial charge in [-0.1, -0.05) is 37.3 Å². The summed E-state index contributed by atoms with van der Waals surface area (Å²) >= 11 is 0. The normalized spacial score (nSPS) is 14.9. The number of aryl methyl sites for hydroxylation is 2. The Kier molecular flexibility index (Phi) is 4.26. The summed E-state index contributed by atoms with van der Waals surface area (Å²) in [6.45, 7) is 3.79. The van der Waals surface area contributed by atoms with Crippen molar-refractivity contribution in [2.45, 2.75) is 38.6 Å². The zero-order chi connectivity index (χ0) is 17.2. The first-order valence-corrected chi connectivity index (χ1v) is 9.04. The molecule has 1 amide bonds. The number of carbonyl (C=O) groups is 1. The fourth-order valence-electron chi connectivity index (χ4n) is 3.56. The molecule has 2 heterocycles. The van der Waals surface area contributed by atoms with Crippen LogP contribution in [0, 0.1) is 0 Å². The molecule has 2 aromatic carbocycles. The number of rotatable bonds is 4. The van der Waals surface area contributed by atoms with E-state index in [1.807, 2.05) is 36.4 Å². The Balaban J connectivity index is 1.48. The van der Waals surface area contributed by atoms with Gasteiger partial charge in [-0.2, -0.15) is 0 Å². The van der Waals surface area contributed by atoms with Gasteiger partial charge >= 0.3 is 0 Å². The van der Waals surface area contributed by atoms with Gasteiger partial charge in [0.25, 0.3) is 5.91 Å². The van der Waals surface area contributed by atoms with E-state index in [0.717, 1.165) is 29.8 Å². The molecule has 1 N–H and O–H groups in total. The van der Waals surface area contributed by atoms with Gasteiger partial charge in [0.2, 0.25) is 0 Å².